The highest BCUT2D eigenvalue weighted by Crippen LogP contribution is 2.26. The number of nitrogens with zero attached hydrogens (tertiary/aromatic N) is 2. The van der Waals surface area contributed by atoms with Crippen LogP contribution in [0, 0.1) is 6.92 Å². The van der Waals surface area contributed by atoms with Gasteiger partial charge in [-0.15, -0.1) is 10.2 Å². The Hall–Kier alpha value is -1.60. The number of aromatic nitrogens is 2. The zero-order valence-electron chi connectivity index (χ0n) is 12.8. The van der Waals surface area contributed by atoms with Crippen LogP contribution in [0.2, 0.25) is 0 Å². The molecule has 0 aliphatic carbocycles. The van der Waals surface area contributed by atoms with Crippen LogP contribution in [0.15, 0.2) is 28.6 Å². The molecular formula is C15H19N3O2S2. The fraction of sp³-hybridized carbons (Fsp3) is 0.400. The average Bonchev–Trinajstić information content (AvgIpc) is 2.92. The quantitative estimate of drug-likeness (QED) is 0.616. The van der Waals surface area contributed by atoms with Crippen molar-refractivity contribution in [3.63, 3.8) is 0 Å². The van der Waals surface area contributed by atoms with E-state index in [2.05, 4.69) is 22.4 Å². The number of hydrogen-bond donors (Lipinski definition) is 1. The second-order valence-corrected chi connectivity index (χ2v) is 7.11. The van der Waals surface area contributed by atoms with Gasteiger partial charge in [0, 0.05) is 5.75 Å². The number of hydrogen-bond acceptors (Lipinski definition) is 6. The number of carbonyl (C=O) groups excluding carboxylic acids is 1. The molecule has 1 aromatic heterocycles. The molecule has 7 heteroatoms. The van der Waals surface area contributed by atoms with Gasteiger partial charge in [-0.25, -0.2) is 0 Å². The van der Waals surface area contributed by atoms with Crippen molar-refractivity contribution in [3.05, 3.63) is 29.8 Å². The lowest BCUT2D eigenvalue weighted by molar-refractivity contribution is -0.122. The van der Waals surface area contributed by atoms with E-state index in [0.29, 0.717) is 10.9 Å². The van der Waals surface area contributed by atoms with Crippen LogP contribution < -0.4 is 10.1 Å². The smallest absolute Gasteiger partial charge is 0.266 e. The Morgan fingerprint density at radius 3 is 3.00 bits per heavy atom. The molecule has 0 radical (unpaired) electrons. The number of rotatable bonds is 7. The number of thioether (sulfide) groups is 1. The third kappa shape index (κ3) is 4.99. The minimum absolute atomic E-state index is 0.232. The molecule has 0 aliphatic rings. The standard InChI is InChI=1S/C15H19N3O2S2/c1-4-8-21-15-18-17-14(22-15)16-13(19)11(3)20-12-7-5-6-10(2)9-12/h5-7,9,11H,4,8H2,1-3H3,(H,16,17,19)/t11-/m0/s1. The lowest BCUT2D eigenvalue weighted by Crippen LogP contribution is -2.30. The van der Waals surface area contributed by atoms with Crippen LogP contribution in [-0.2, 0) is 4.79 Å². The van der Waals surface area contributed by atoms with Gasteiger partial charge in [0.2, 0.25) is 5.13 Å². The van der Waals surface area contributed by atoms with E-state index in [1.165, 1.54) is 11.3 Å². The number of nitrogens with one attached hydrogen (secondary N) is 1. The number of benzene rings is 1. The Bertz CT molecular complexity index is 631. The summed E-state index contributed by atoms with van der Waals surface area (Å²) in [6.45, 7) is 5.81. The van der Waals surface area contributed by atoms with Crippen molar-refractivity contribution >= 4 is 34.1 Å². The largest absolute Gasteiger partial charge is 0.481 e. The molecular weight excluding hydrogens is 318 g/mol. The Balaban J connectivity index is 1.89. The third-order valence-electron chi connectivity index (χ3n) is 2.74. The molecule has 22 heavy (non-hydrogen) atoms. The van der Waals surface area contributed by atoms with E-state index in [9.17, 15) is 4.79 Å². The van der Waals surface area contributed by atoms with Gasteiger partial charge < -0.3 is 4.74 Å². The summed E-state index contributed by atoms with van der Waals surface area (Å²) in [5.74, 6) is 1.44. The van der Waals surface area contributed by atoms with Gasteiger partial charge in [0.25, 0.3) is 5.91 Å². The van der Waals surface area contributed by atoms with Gasteiger partial charge in [0.15, 0.2) is 10.4 Å². The SMILES string of the molecule is CCCSc1nnc(NC(=O)[C@H](C)Oc2cccc(C)c2)s1. The zero-order chi connectivity index (χ0) is 15.9. The first-order chi connectivity index (χ1) is 10.6. The van der Waals surface area contributed by atoms with E-state index < -0.39 is 6.10 Å². The summed E-state index contributed by atoms with van der Waals surface area (Å²) in [6, 6.07) is 7.61. The van der Waals surface area contributed by atoms with Crippen molar-refractivity contribution in [1.82, 2.24) is 10.2 Å². The first kappa shape index (κ1) is 16.8. The van der Waals surface area contributed by atoms with Crippen LogP contribution in [0.3, 0.4) is 0 Å². The molecule has 0 unspecified atom stereocenters. The summed E-state index contributed by atoms with van der Waals surface area (Å²) in [6.07, 6.45) is 0.477. The molecule has 0 saturated carbocycles. The van der Waals surface area contributed by atoms with Gasteiger partial charge in [-0.2, -0.15) is 0 Å². The van der Waals surface area contributed by atoms with Crippen molar-refractivity contribution in [2.75, 3.05) is 11.1 Å². The van der Waals surface area contributed by atoms with E-state index in [-0.39, 0.29) is 5.91 Å². The molecule has 1 aromatic carbocycles. The van der Waals surface area contributed by atoms with Gasteiger partial charge >= 0.3 is 0 Å². The topological polar surface area (TPSA) is 64.1 Å². The Kier molecular flexibility index (Phi) is 6.21. The molecule has 118 valence electrons. The number of aryl methyl sites for hydroxylation is 1. The molecule has 1 N–H and O–H groups in total. The summed E-state index contributed by atoms with van der Waals surface area (Å²) in [4.78, 5) is 12.1. The van der Waals surface area contributed by atoms with Crippen molar-refractivity contribution in [3.8, 4) is 5.75 Å². The fourth-order valence-corrected chi connectivity index (χ4v) is 3.34. The Labute approximate surface area is 138 Å². The molecule has 0 bridgehead atoms. The molecule has 1 atom stereocenters. The van der Waals surface area contributed by atoms with Crippen LogP contribution in [0.5, 0.6) is 5.75 Å². The zero-order valence-corrected chi connectivity index (χ0v) is 14.5. The van der Waals surface area contributed by atoms with Gasteiger partial charge in [-0.1, -0.05) is 42.2 Å². The van der Waals surface area contributed by atoms with Gasteiger partial charge in [-0.3, -0.25) is 10.1 Å². The van der Waals surface area contributed by atoms with Crippen LogP contribution in [0.4, 0.5) is 5.13 Å². The third-order valence-corrected chi connectivity index (χ3v) is 4.92. The number of anilines is 1. The lowest BCUT2D eigenvalue weighted by Gasteiger charge is -2.13. The molecule has 1 amide bonds. The highest BCUT2D eigenvalue weighted by molar-refractivity contribution is 8.01. The minimum Gasteiger partial charge on any atom is -0.481 e. The second kappa shape index (κ2) is 8.14. The summed E-state index contributed by atoms with van der Waals surface area (Å²) in [7, 11) is 0. The first-order valence-electron chi connectivity index (χ1n) is 7.09. The average molecular weight is 337 g/mol. The van der Waals surface area contributed by atoms with Crippen LogP contribution in [-0.4, -0.2) is 28.0 Å². The Morgan fingerprint density at radius 2 is 2.27 bits per heavy atom. The summed E-state index contributed by atoms with van der Waals surface area (Å²) in [5.41, 5.74) is 1.09. The highest BCUT2D eigenvalue weighted by atomic mass is 32.2. The molecule has 0 saturated heterocycles. The van der Waals surface area contributed by atoms with Crippen molar-refractivity contribution in [1.29, 1.82) is 0 Å². The maximum atomic E-state index is 12.1. The number of ether oxygens (including phenoxy) is 1. The van der Waals surface area contributed by atoms with Crippen molar-refractivity contribution < 1.29 is 9.53 Å². The predicted molar refractivity (Wildman–Crippen MR) is 90.8 cm³/mol. The number of carbonyl (C=O) groups is 1. The van der Waals surface area contributed by atoms with Crippen molar-refractivity contribution in [2.45, 2.75) is 37.6 Å². The van der Waals surface area contributed by atoms with Crippen LogP contribution in [0.25, 0.3) is 0 Å². The Morgan fingerprint density at radius 1 is 1.45 bits per heavy atom. The summed E-state index contributed by atoms with van der Waals surface area (Å²) in [5, 5.41) is 11.3. The van der Waals surface area contributed by atoms with E-state index >= 15 is 0 Å². The predicted octanol–water partition coefficient (Wildman–Crippen LogP) is 3.75. The van der Waals surface area contributed by atoms with E-state index in [4.69, 9.17) is 4.74 Å². The lowest BCUT2D eigenvalue weighted by atomic mass is 10.2. The molecule has 5 nitrogen and oxygen atoms in total. The maximum Gasteiger partial charge on any atom is 0.266 e. The molecule has 0 spiro atoms. The number of amides is 1. The van der Waals surface area contributed by atoms with Crippen LogP contribution in [0.1, 0.15) is 25.8 Å². The molecule has 1 heterocycles. The van der Waals surface area contributed by atoms with Gasteiger partial charge in [0.1, 0.15) is 5.75 Å². The monoisotopic (exact) mass is 337 g/mol. The van der Waals surface area contributed by atoms with E-state index in [1.807, 2.05) is 31.2 Å². The van der Waals surface area contributed by atoms with Crippen molar-refractivity contribution in [2.24, 2.45) is 0 Å². The van der Waals surface area contributed by atoms with E-state index in [1.54, 1.807) is 18.7 Å². The van der Waals surface area contributed by atoms with E-state index in [0.717, 1.165) is 22.1 Å². The highest BCUT2D eigenvalue weighted by Gasteiger charge is 2.17. The molecule has 0 aliphatic heterocycles. The second-order valence-electron chi connectivity index (χ2n) is 4.79. The molecule has 0 fully saturated rings. The normalized spacial score (nSPS) is 12.0. The maximum absolute atomic E-state index is 12.1. The molecule has 2 rings (SSSR count). The minimum atomic E-state index is -0.600. The fourth-order valence-electron chi connectivity index (χ4n) is 1.66. The van der Waals surface area contributed by atoms with Gasteiger partial charge in [0.05, 0.1) is 0 Å². The van der Waals surface area contributed by atoms with Gasteiger partial charge in [-0.05, 0) is 38.0 Å². The first-order valence-corrected chi connectivity index (χ1v) is 8.89. The molecule has 2 aromatic rings. The summed E-state index contributed by atoms with van der Waals surface area (Å²) >= 11 is 3.02. The summed E-state index contributed by atoms with van der Waals surface area (Å²) < 4.78 is 6.51. The van der Waals surface area contributed by atoms with Crippen LogP contribution >= 0.6 is 23.1 Å².